The first-order valence-electron chi connectivity index (χ1n) is 4.91. The number of rotatable bonds is 2. The van der Waals surface area contributed by atoms with Gasteiger partial charge in [0.15, 0.2) is 0 Å². The Kier molecular flexibility index (Phi) is 3.24. The zero-order valence-corrected chi connectivity index (χ0v) is 9.72. The summed E-state index contributed by atoms with van der Waals surface area (Å²) in [6, 6.07) is 7.09. The van der Waals surface area contributed by atoms with Crippen molar-refractivity contribution in [2.75, 3.05) is 5.32 Å². The fourth-order valence-corrected chi connectivity index (χ4v) is 1.52. The van der Waals surface area contributed by atoms with Gasteiger partial charge in [-0.1, -0.05) is 17.7 Å². The number of benzene rings is 1. The lowest BCUT2D eigenvalue weighted by Gasteiger charge is -2.08. The first-order valence-corrected chi connectivity index (χ1v) is 5.29. The Bertz CT molecular complexity index is 558. The van der Waals surface area contributed by atoms with Gasteiger partial charge < -0.3 is 5.32 Å². The van der Waals surface area contributed by atoms with Crippen molar-refractivity contribution in [1.29, 1.82) is 0 Å². The Morgan fingerprint density at radius 3 is 2.65 bits per heavy atom. The van der Waals surface area contributed by atoms with Crippen LogP contribution in [0.25, 0.3) is 0 Å². The molecular formula is C12H9ClF2N2. The largest absolute Gasteiger partial charge is 0.338 e. The maximum Gasteiger partial charge on any atom is 0.147 e. The molecule has 0 saturated carbocycles. The molecule has 0 bridgehead atoms. The van der Waals surface area contributed by atoms with Gasteiger partial charge in [-0.05, 0) is 30.7 Å². The van der Waals surface area contributed by atoms with E-state index in [1.807, 2.05) is 0 Å². The quantitative estimate of drug-likeness (QED) is 0.818. The number of hydrogen-bond donors (Lipinski definition) is 1. The molecule has 17 heavy (non-hydrogen) atoms. The lowest BCUT2D eigenvalue weighted by atomic mass is 10.2. The lowest BCUT2D eigenvalue weighted by molar-refractivity contribution is 0.595. The molecule has 2 nitrogen and oxygen atoms in total. The highest BCUT2D eigenvalue weighted by atomic mass is 35.5. The smallest absolute Gasteiger partial charge is 0.147 e. The van der Waals surface area contributed by atoms with E-state index in [0.717, 1.165) is 12.1 Å². The summed E-state index contributed by atoms with van der Waals surface area (Å²) in [6.45, 7) is 1.50. The summed E-state index contributed by atoms with van der Waals surface area (Å²) in [5.74, 6) is -0.652. The summed E-state index contributed by atoms with van der Waals surface area (Å²) in [5.41, 5.74) is 0.287. The van der Waals surface area contributed by atoms with E-state index in [-0.39, 0.29) is 16.4 Å². The maximum atomic E-state index is 13.5. The van der Waals surface area contributed by atoms with Crippen LogP contribution in [0.15, 0.2) is 30.3 Å². The third-order valence-electron chi connectivity index (χ3n) is 2.23. The molecule has 0 aliphatic heterocycles. The van der Waals surface area contributed by atoms with Crippen molar-refractivity contribution in [2.45, 2.75) is 6.92 Å². The molecule has 2 rings (SSSR count). The van der Waals surface area contributed by atoms with Crippen molar-refractivity contribution in [3.8, 4) is 0 Å². The number of nitrogens with zero attached hydrogens (tertiary/aromatic N) is 1. The van der Waals surface area contributed by atoms with Crippen molar-refractivity contribution in [2.24, 2.45) is 0 Å². The molecule has 0 amide bonds. The second kappa shape index (κ2) is 4.67. The van der Waals surface area contributed by atoms with Crippen molar-refractivity contribution in [3.63, 3.8) is 0 Å². The molecule has 1 aromatic heterocycles. The average molecular weight is 255 g/mol. The third-order valence-corrected chi connectivity index (χ3v) is 2.44. The van der Waals surface area contributed by atoms with E-state index in [9.17, 15) is 8.78 Å². The molecule has 0 saturated heterocycles. The van der Waals surface area contributed by atoms with E-state index >= 15 is 0 Å². The summed E-state index contributed by atoms with van der Waals surface area (Å²) in [7, 11) is 0. The first kappa shape index (κ1) is 11.8. The molecule has 1 aromatic carbocycles. The first-order chi connectivity index (χ1) is 8.06. The van der Waals surface area contributed by atoms with E-state index < -0.39 is 11.6 Å². The summed E-state index contributed by atoms with van der Waals surface area (Å²) in [4.78, 5) is 3.93. The minimum atomic E-state index is -0.536. The molecule has 1 heterocycles. The minimum Gasteiger partial charge on any atom is -0.338 e. The zero-order valence-electron chi connectivity index (χ0n) is 8.97. The normalized spacial score (nSPS) is 10.4. The molecule has 0 fully saturated rings. The number of hydrogen-bond acceptors (Lipinski definition) is 2. The molecule has 2 aromatic rings. The van der Waals surface area contributed by atoms with Gasteiger partial charge in [-0.15, -0.1) is 0 Å². The highest BCUT2D eigenvalue weighted by molar-refractivity contribution is 6.29. The third kappa shape index (κ3) is 2.71. The Morgan fingerprint density at radius 2 is 1.94 bits per heavy atom. The number of aromatic nitrogens is 1. The van der Waals surface area contributed by atoms with E-state index in [4.69, 9.17) is 11.6 Å². The van der Waals surface area contributed by atoms with Crippen LogP contribution in [-0.4, -0.2) is 4.98 Å². The predicted octanol–water partition coefficient (Wildman–Crippen LogP) is 4.07. The highest BCUT2D eigenvalue weighted by Crippen LogP contribution is 2.22. The van der Waals surface area contributed by atoms with Crippen LogP contribution in [0.1, 0.15) is 5.56 Å². The molecule has 1 N–H and O–H groups in total. The van der Waals surface area contributed by atoms with Gasteiger partial charge in [0.1, 0.15) is 22.6 Å². The summed E-state index contributed by atoms with van der Waals surface area (Å²) >= 11 is 5.69. The van der Waals surface area contributed by atoms with E-state index in [2.05, 4.69) is 10.3 Å². The molecular weight excluding hydrogens is 246 g/mol. The molecule has 0 unspecified atom stereocenters. The highest BCUT2D eigenvalue weighted by Gasteiger charge is 2.08. The molecule has 0 aliphatic carbocycles. The molecule has 88 valence electrons. The molecule has 0 aliphatic rings. The van der Waals surface area contributed by atoms with Crippen molar-refractivity contribution in [3.05, 3.63) is 52.7 Å². The molecule has 0 atom stereocenters. The summed E-state index contributed by atoms with van der Waals surface area (Å²) in [6.07, 6.45) is 0. The van der Waals surface area contributed by atoms with Crippen LogP contribution in [0.3, 0.4) is 0 Å². The molecule has 0 radical (unpaired) electrons. The zero-order chi connectivity index (χ0) is 12.4. The van der Waals surface area contributed by atoms with Crippen LogP contribution < -0.4 is 5.32 Å². The van der Waals surface area contributed by atoms with Crippen LogP contribution in [0, 0.1) is 18.6 Å². The van der Waals surface area contributed by atoms with Crippen LogP contribution in [0.2, 0.25) is 5.15 Å². The predicted molar refractivity (Wildman–Crippen MR) is 63.6 cm³/mol. The number of anilines is 2. The van der Waals surface area contributed by atoms with E-state index in [0.29, 0.717) is 5.82 Å². The van der Waals surface area contributed by atoms with Gasteiger partial charge in [0, 0.05) is 6.07 Å². The molecule has 0 spiro atoms. The topological polar surface area (TPSA) is 24.9 Å². The number of halogens is 3. The van der Waals surface area contributed by atoms with Gasteiger partial charge in [0.25, 0.3) is 0 Å². The van der Waals surface area contributed by atoms with Crippen molar-refractivity contribution in [1.82, 2.24) is 4.98 Å². The van der Waals surface area contributed by atoms with Crippen molar-refractivity contribution < 1.29 is 8.78 Å². The Balaban J connectivity index is 2.33. The summed E-state index contributed by atoms with van der Waals surface area (Å²) in [5, 5.41) is 2.95. The fraction of sp³-hybridized carbons (Fsp3) is 0.0833. The van der Waals surface area contributed by atoms with Gasteiger partial charge >= 0.3 is 0 Å². The average Bonchev–Trinajstić information content (AvgIpc) is 2.26. The Hall–Kier alpha value is -1.68. The van der Waals surface area contributed by atoms with Crippen molar-refractivity contribution >= 4 is 23.1 Å². The lowest BCUT2D eigenvalue weighted by Crippen LogP contribution is -1.98. The Labute approximate surface area is 102 Å². The second-order valence-corrected chi connectivity index (χ2v) is 3.94. The van der Waals surface area contributed by atoms with Gasteiger partial charge in [0.05, 0.1) is 5.69 Å². The van der Waals surface area contributed by atoms with Crippen LogP contribution in [-0.2, 0) is 0 Å². The number of nitrogens with one attached hydrogen (secondary N) is 1. The number of pyridine rings is 1. The van der Waals surface area contributed by atoms with Gasteiger partial charge in [-0.3, -0.25) is 0 Å². The van der Waals surface area contributed by atoms with Gasteiger partial charge in [0.2, 0.25) is 0 Å². The fourth-order valence-electron chi connectivity index (χ4n) is 1.36. The monoisotopic (exact) mass is 254 g/mol. The number of aryl methyl sites for hydroxylation is 1. The SMILES string of the molecule is Cc1cc(F)c(Nc2cccc(Cl)n2)cc1F. The maximum absolute atomic E-state index is 13.5. The van der Waals surface area contributed by atoms with Gasteiger partial charge in [-0.25, -0.2) is 13.8 Å². The standard InChI is InChI=1S/C12H9ClF2N2/c1-7-5-9(15)10(6-8(7)14)16-12-4-2-3-11(13)17-12/h2-6H,1H3,(H,16,17). The van der Waals surface area contributed by atoms with E-state index in [1.165, 1.54) is 6.92 Å². The minimum absolute atomic E-state index is 0.0304. The van der Waals surface area contributed by atoms with E-state index in [1.54, 1.807) is 18.2 Å². The second-order valence-electron chi connectivity index (χ2n) is 3.55. The summed E-state index contributed by atoms with van der Waals surface area (Å²) < 4.78 is 26.8. The van der Waals surface area contributed by atoms with Crippen LogP contribution >= 0.6 is 11.6 Å². The molecule has 5 heteroatoms. The Morgan fingerprint density at radius 1 is 1.18 bits per heavy atom. The van der Waals surface area contributed by atoms with Crippen LogP contribution in [0.5, 0.6) is 0 Å². The van der Waals surface area contributed by atoms with Crippen LogP contribution in [0.4, 0.5) is 20.3 Å². The van der Waals surface area contributed by atoms with Gasteiger partial charge in [-0.2, -0.15) is 0 Å².